The summed E-state index contributed by atoms with van der Waals surface area (Å²) in [5.74, 6) is -1.75. The monoisotopic (exact) mass is 1630 g/mol. The molecule has 27 nitrogen and oxygen atoms in total. The van der Waals surface area contributed by atoms with Crippen LogP contribution in [-0.4, -0.2) is 85.5 Å². The van der Waals surface area contributed by atoms with E-state index < -0.39 is 47.0 Å². The molecule has 0 aliphatic carbocycles. The maximum atomic E-state index is 12.8. The van der Waals surface area contributed by atoms with Gasteiger partial charge in [-0.25, -0.2) is 19.2 Å². The van der Waals surface area contributed by atoms with Crippen LogP contribution in [0.15, 0.2) is 228 Å². The molecular formula is C85H82N16O11S4. The van der Waals surface area contributed by atoms with Crippen molar-refractivity contribution in [2.24, 2.45) is 11.5 Å². The summed E-state index contributed by atoms with van der Waals surface area (Å²) < 4.78 is 15.8. The lowest BCUT2D eigenvalue weighted by Gasteiger charge is -2.21. The predicted molar refractivity (Wildman–Crippen MR) is 464 cm³/mol. The lowest BCUT2D eigenvalue weighted by molar-refractivity contribution is 0.0624. The zero-order valence-electron chi connectivity index (χ0n) is 64.2. The number of nitrogens with two attached hydrogens (primary N) is 4. The van der Waals surface area contributed by atoms with Crippen LogP contribution in [0.2, 0.25) is 0 Å². The minimum atomic E-state index is -1.03. The van der Waals surface area contributed by atoms with E-state index in [1.807, 2.05) is 127 Å². The smallest absolute Gasteiger partial charge is 0.412 e. The van der Waals surface area contributed by atoms with Crippen LogP contribution in [0, 0.1) is 24.0 Å². The molecule has 0 aliphatic rings. The van der Waals surface area contributed by atoms with Gasteiger partial charge in [-0.05, 0) is 215 Å². The zero-order valence-corrected chi connectivity index (χ0v) is 67.5. The van der Waals surface area contributed by atoms with Crippen LogP contribution < -0.4 is 54.8 Å². The molecule has 0 bridgehead atoms. The van der Waals surface area contributed by atoms with Gasteiger partial charge in [-0.15, -0.1) is 55.3 Å². The summed E-state index contributed by atoms with van der Waals surface area (Å²) in [4.78, 5) is 102. The Bertz CT molecular complexity index is 5540. The van der Waals surface area contributed by atoms with Gasteiger partial charge in [0.05, 0.1) is 56.6 Å². The second-order valence-electron chi connectivity index (χ2n) is 27.6. The summed E-state index contributed by atoms with van der Waals surface area (Å²) in [6, 6.07) is 56.4. The van der Waals surface area contributed by atoms with Crippen molar-refractivity contribution < 1.29 is 52.9 Å². The number of thiophene rings is 4. The zero-order chi connectivity index (χ0) is 84.4. The Morgan fingerprint density at radius 2 is 0.672 bits per heavy atom. The Kier molecular flexibility index (Phi) is 30.2. The number of nitrogens with one attached hydrogen (secondary N) is 8. The molecular weight excluding hydrogens is 1550 g/mol. The molecule has 0 radical (unpaired) electrons. The van der Waals surface area contributed by atoms with E-state index in [2.05, 4.69) is 51.6 Å². The number of ether oxygens (including phenoxy) is 3. The molecule has 0 atom stereocenters. The van der Waals surface area contributed by atoms with Crippen LogP contribution in [0.1, 0.15) is 115 Å². The summed E-state index contributed by atoms with van der Waals surface area (Å²) in [6.07, 6.45) is 0.762. The van der Waals surface area contributed by atoms with Gasteiger partial charge in [0.1, 0.15) is 40.9 Å². The first-order valence-corrected chi connectivity index (χ1v) is 38.5. The number of aromatic carboxylic acids is 1. The van der Waals surface area contributed by atoms with Crippen LogP contribution in [0.3, 0.4) is 0 Å². The van der Waals surface area contributed by atoms with Crippen molar-refractivity contribution in [3.05, 3.63) is 284 Å². The third-order valence-electron chi connectivity index (χ3n) is 15.2. The number of anilines is 8. The molecule has 17 N–H and O–H groups in total. The number of aromatic nitrogens is 2. The topological polar surface area (TPSA) is 426 Å². The fourth-order valence-electron chi connectivity index (χ4n) is 9.83. The van der Waals surface area contributed by atoms with Crippen LogP contribution in [0.4, 0.5) is 71.5 Å². The molecule has 12 aromatic rings. The van der Waals surface area contributed by atoms with Crippen molar-refractivity contribution in [2.45, 2.75) is 79.1 Å². The highest BCUT2D eigenvalue weighted by Gasteiger charge is 2.23. The minimum absolute atomic E-state index is 0.0325. The average molecular weight is 1630 g/mol. The van der Waals surface area contributed by atoms with Crippen molar-refractivity contribution in [3.8, 4) is 41.8 Å². The van der Waals surface area contributed by atoms with Gasteiger partial charge in [0.15, 0.2) is 0 Å². The number of hydrogen-bond donors (Lipinski definition) is 13. The quantitative estimate of drug-likeness (QED) is 0.0140. The number of carboxylic acids is 1. The third kappa shape index (κ3) is 27.2. The van der Waals surface area contributed by atoms with E-state index in [9.17, 15) is 33.6 Å². The Morgan fingerprint density at radius 3 is 0.983 bits per heavy atom. The van der Waals surface area contributed by atoms with E-state index in [-0.39, 0.29) is 40.7 Å². The van der Waals surface area contributed by atoms with Gasteiger partial charge in [0.25, 0.3) is 29.4 Å². The molecule has 0 aliphatic heterocycles. The molecule has 0 saturated heterocycles. The molecule has 6 aromatic carbocycles. The molecule has 0 fully saturated rings. The summed E-state index contributed by atoms with van der Waals surface area (Å²) in [5.41, 5.74) is 31.0. The first-order chi connectivity index (χ1) is 55.0. The molecule has 6 aromatic heterocycles. The first-order valence-electron chi connectivity index (χ1n) is 35.0. The molecule has 116 heavy (non-hydrogen) atoms. The Labute approximate surface area is 685 Å². The summed E-state index contributed by atoms with van der Waals surface area (Å²) in [7, 11) is 0. The Hall–Kier alpha value is -14.4. The van der Waals surface area contributed by atoms with E-state index in [4.69, 9.17) is 66.2 Å². The summed E-state index contributed by atoms with van der Waals surface area (Å²) >= 11 is 6.41. The highest BCUT2D eigenvalue weighted by Crippen LogP contribution is 2.36. The van der Waals surface area contributed by atoms with Crippen molar-refractivity contribution in [1.29, 1.82) is 10.8 Å². The van der Waals surface area contributed by atoms with E-state index in [0.717, 1.165) is 48.0 Å². The maximum Gasteiger partial charge on any atom is 0.412 e. The molecule has 592 valence electrons. The largest absolute Gasteiger partial charge is 0.478 e. The van der Waals surface area contributed by atoms with E-state index >= 15 is 0 Å². The van der Waals surface area contributed by atoms with Crippen LogP contribution in [-0.2, 0) is 14.2 Å². The lowest BCUT2D eigenvalue weighted by Crippen LogP contribution is -2.27. The second kappa shape index (κ2) is 40.2. The predicted octanol–water partition coefficient (Wildman–Crippen LogP) is 20.5. The van der Waals surface area contributed by atoms with Gasteiger partial charge >= 0.3 is 24.2 Å². The van der Waals surface area contributed by atoms with Crippen LogP contribution in [0.5, 0.6) is 0 Å². The standard InChI is InChI=1S/C23H24N4O3S.C22H20N4O3S.C18H16N4OS.C15H18N2O2S.C7H4N2O2/c1-23(2,3)30-22(29)27-17-11-10-16(19-5-4-12-31-19)13-18(17)26-21(28)15-8-6-14(7-9-15)20(24)25;1-22(2,3)29-21(28)26-16-9-7-14(18-6-5-11-30-18)12-17(16)25-20(27)15-8-10-19(23-4)24-13-15;19-14-8-7-13(16-2-1-9-24-16)10-15(14)22-18(23)12-5-3-11(4-6-12)17(20)21;1-15(2,3)19-14(18)17-12-7-6-10(9-11(12)16)13-5-4-8-20-13;1-8-6-3-2-5(4-9-6)7(10)11/h4-13H,1-3H3,(H3,24,25)(H,26,28)(H,27,29);5-13H,1-3H3,(H,25,27)(H,26,28);1-10H,19H2,(H3,20,21)(H,22,23);4-9H,16H2,1-3H3,(H,17,18);2-4H,(H,10,11). The number of rotatable bonds is 16. The van der Waals surface area contributed by atoms with Crippen LogP contribution in [0.25, 0.3) is 51.5 Å². The number of nitrogen functional groups attached to an aromatic ring is 4. The second-order valence-corrected chi connectivity index (χ2v) is 31.4. The van der Waals surface area contributed by atoms with Gasteiger partial charge in [-0.1, -0.05) is 98.1 Å². The number of pyridine rings is 2. The number of carboxylic acid groups (broad SMARTS) is 1. The highest BCUT2D eigenvalue weighted by atomic mass is 32.1. The molecule has 0 unspecified atom stereocenters. The molecule has 6 heterocycles. The molecule has 12 rings (SSSR count). The number of amides is 6. The number of carbonyl (C=O) groups is 7. The van der Waals surface area contributed by atoms with Crippen molar-refractivity contribution in [3.63, 3.8) is 0 Å². The number of benzene rings is 6. The normalized spacial score (nSPS) is 10.6. The lowest BCUT2D eigenvalue weighted by atomic mass is 10.1. The van der Waals surface area contributed by atoms with E-state index in [1.165, 1.54) is 30.5 Å². The van der Waals surface area contributed by atoms with Gasteiger partial charge in [0.2, 0.25) is 0 Å². The number of hydrogen-bond acceptors (Lipinski definition) is 20. The SMILES string of the molecule is CC(C)(C)OC(=O)Nc1ccc(-c2cccs2)cc1N.CC(C)(C)OC(=O)Nc1ccc(-c2cccs2)cc1NC(=O)c1ccc(C(=N)N)cc1.N=C(N)c1ccc(C(=O)Nc2cc(-c3cccs3)ccc2N)cc1.[C-]#[N+]c1ccc(C(=O)Nc2cc(-c3cccs3)ccc2NC(=O)OC(C)(C)C)cn1.[C-]#[N+]c1ccc(C(=O)O)cn1. The summed E-state index contributed by atoms with van der Waals surface area (Å²) in [6.45, 7) is 29.6. The van der Waals surface area contributed by atoms with Crippen molar-refractivity contribution in [1.82, 2.24) is 9.97 Å². The minimum Gasteiger partial charge on any atom is -0.478 e. The van der Waals surface area contributed by atoms with Crippen molar-refractivity contribution in [2.75, 3.05) is 43.4 Å². The van der Waals surface area contributed by atoms with Gasteiger partial charge in [-0.2, -0.15) is 0 Å². The van der Waals surface area contributed by atoms with Crippen molar-refractivity contribution >= 4 is 156 Å². The van der Waals surface area contributed by atoms with Gasteiger partial charge in [-0.3, -0.25) is 41.2 Å². The maximum absolute atomic E-state index is 12.8. The van der Waals surface area contributed by atoms with Crippen LogP contribution >= 0.6 is 45.3 Å². The molecule has 6 amide bonds. The highest BCUT2D eigenvalue weighted by molar-refractivity contribution is 7.14. The van der Waals surface area contributed by atoms with Gasteiger partial charge in [0, 0.05) is 41.8 Å². The molecule has 0 saturated carbocycles. The third-order valence-corrected chi connectivity index (χ3v) is 18.8. The van der Waals surface area contributed by atoms with E-state index in [1.54, 1.807) is 172 Å². The average Bonchev–Trinajstić information content (AvgIpc) is 1.31. The van der Waals surface area contributed by atoms with Gasteiger partial charge < -0.3 is 67.9 Å². The summed E-state index contributed by atoms with van der Waals surface area (Å²) in [5, 5.41) is 47.8. The molecule has 0 spiro atoms. The first kappa shape index (κ1) is 87.2. The Morgan fingerprint density at radius 1 is 0.371 bits per heavy atom. The fourth-order valence-corrected chi connectivity index (χ4v) is 12.7. The number of nitrogens with zero attached hydrogens (tertiary/aromatic N) is 4. The number of amidine groups is 2. The Balaban J connectivity index is 0.000000187. The fraction of sp³-hybridized carbons (Fsp3) is 0.141. The van der Waals surface area contributed by atoms with E-state index in [0.29, 0.717) is 73.3 Å². The molecule has 31 heteroatoms. The number of carbonyl (C=O) groups excluding carboxylic acids is 6.